The fraction of sp³-hybridized carbons (Fsp3) is 0.100. The van der Waals surface area contributed by atoms with Crippen molar-refractivity contribution in [2.24, 2.45) is 0 Å². The molecule has 0 unspecified atom stereocenters. The van der Waals surface area contributed by atoms with Crippen LogP contribution in [-0.2, 0) is 5.41 Å². The number of nitriles is 1. The summed E-state index contributed by atoms with van der Waals surface area (Å²) in [6.45, 7) is 0. The lowest BCUT2D eigenvalue weighted by Crippen LogP contribution is -2.32. The summed E-state index contributed by atoms with van der Waals surface area (Å²) in [5, 5.41) is 13.6. The van der Waals surface area contributed by atoms with Crippen LogP contribution in [0, 0.1) is 17.1 Å². The molecule has 2 atom stereocenters. The molecule has 0 radical (unpaired) electrons. The number of hydrogen-bond acceptors (Lipinski definition) is 3. The predicted molar refractivity (Wildman–Crippen MR) is 89.8 cm³/mol. The molecule has 4 rings (SSSR count). The number of benzene rings is 2. The second-order valence-electron chi connectivity index (χ2n) is 5.82. The van der Waals surface area contributed by atoms with Crippen LogP contribution in [0.1, 0.15) is 22.9 Å². The molecule has 1 aromatic heterocycles. The Morgan fingerprint density at radius 1 is 1.04 bits per heavy atom. The van der Waals surface area contributed by atoms with E-state index in [9.17, 15) is 9.65 Å². The van der Waals surface area contributed by atoms with Crippen LogP contribution in [0.3, 0.4) is 0 Å². The van der Waals surface area contributed by atoms with Crippen LogP contribution < -0.4 is 5.32 Å². The molecule has 3 aromatic rings. The third kappa shape index (κ3) is 1.99. The Labute approximate surface area is 139 Å². The van der Waals surface area contributed by atoms with E-state index in [4.69, 9.17) is 0 Å². The molecule has 0 bridgehead atoms. The van der Waals surface area contributed by atoms with E-state index in [0.29, 0.717) is 5.69 Å². The van der Waals surface area contributed by atoms with E-state index in [1.807, 2.05) is 48.5 Å². The van der Waals surface area contributed by atoms with Gasteiger partial charge in [0.05, 0.1) is 23.5 Å². The molecular formula is C20H14FN3. The summed E-state index contributed by atoms with van der Waals surface area (Å²) >= 11 is 0. The summed E-state index contributed by atoms with van der Waals surface area (Å²) in [4.78, 5) is 4.48. The van der Waals surface area contributed by atoms with Gasteiger partial charge in [-0.25, -0.2) is 4.39 Å². The van der Waals surface area contributed by atoms with E-state index < -0.39 is 11.5 Å². The van der Waals surface area contributed by atoms with Crippen molar-refractivity contribution >= 4 is 5.69 Å². The Bertz CT molecular complexity index is 933. The van der Waals surface area contributed by atoms with Crippen LogP contribution >= 0.6 is 0 Å². The maximum absolute atomic E-state index is 13.8. The van der Waals surface area contributed by atoms with Gasteiger partial charge in [-0.2, -0.15) is 5.26 Å². The predicted octanol–water partition coefficient (Wildman–Crippen LogP) is 4.20. The second-order valence-corrected chi connectivity index (χ2v) is 5.82. The van der Waals surface area contributed by atoms with Crippen LogP contribution in [0.5, 0.6) is 0 Å². The zero-order valence-corrected chi connectivity index (χ0v) is 12.8. The van der Waals surface area contributed by atoms with Gasteiger partial charge >= 0.3 is 0 Å². The van der Waals surface area contributed by atoms with Crippen molar-refractivity contribution in [1.29, 1.82) is 5.26 Å². The lowest BCUT2D eigenvalue weighted by molar-refractivity contribution is 0.565. The molecular weight excluding hydrogens is 301 g/mol. The van der Waals surface area contributed by atoms with Crippen molar-refractivity contribution in [3.8, 4) is 6.07 Å². The first kappa shape index (κ1) is 14.4. The number of pyridine rings is 1. The molecule has 24 heavy (non-hydrogen) atoms. The largest absolute Gasteiger partial charge is 0.374 e. The van der Waals surface area contributed by atoms with Gasteiger partial charge in [-0.3, -0.25) is 4.98 Å². The minimum Gasteiger partial charge on any atom is -0.374 e. The molecule has 1 aliphatic rings. The zero-order valence-electron chi connectivity index (χ0n) is 12.8. The lowest BCUT2D eigenvalue weighted by atomic mass is 9.72. The molecule has 116 valence electrons. The van der Waals surface area contributed by atoms with Crippen molar-refractivity contribution in [2.45, 2.75) is 11.5 Å². The van der Waals surface area contributed by atoms with Crippen LogP contribution in [0.15, 0.2) is 72.9 Å². The van der Waals surface area contributed by atoms with E-state index in [1.165, 1.54) is 12.1 Å². The standard InChI is InChI=1S/C20H14FN3/c21-16-9-4-6-14(12-16)18-20(13-22,15-7-2-1-3-8-15)19-17(24-18)10-5-11-23-19/h1-12,18,24H/t18-,20-/m0/s1. The van der Waals surface area contributed by atoms with Gasteiger partial charge in [0.15, 0.2) is 5.41 Å². The Morgan fingerprint density at radius 3 is 2.62 bits per heavy atom. The molecule has 3 nitrogen and oxygen atoms in total. The van der Waals surface area contributed by atoms with Gasteiger partial charge in [-0.1, -0.05) is 42.5 Å². The highest BCUT2D eigenvalue weighted by Gasteiger charge is 2.51. The van der Waals surface area contributed by atoms with Crippen molar-refractivity contribution in [3.05, 3.63) is 95.6 Å². The first-order valence-corrected chi connectivity index (χ1v) is 7.70. The van der Waals surface area contributed by atoms with Crippen molar-refractivity contribution < 1.29 is 4.39 Å². The normalized spacial score (nSPS) is 21.6. The van der Waals surface area contributed by atoms with Gasteiger partial charge in [0.2, 0.25) is 0 Å². The van der Waals surface area contributed by atoms with Crippen LogP contribution in [-0.4, -0.2) is 4.98 Å². The highest BCUT2D eigenvalue weighted by Crippen LogP contribution is 2.51. The van der Waals surface area contributed by atoms with Gasteiger partial charge in [0.1, 0.15) is 5.82 Å². The second kappa shape index (κ2) is 5.47. The van der Waals surface area contributed by atoms with E-state index in [-0.39, 0.29) is 5.82 Å². The number of hydrogen-bond donors (Lipinski definition) is 1. The minimum absolute atomic E-state index is 0.321. The number of halogens is 1. The Balaban J connectivity index is 1.99. The zero-order chi connectivity index (χ0) is 16.6. The minimum atomic E-state index is -1.01. The number of nitrogens with one attached hydrogen (secondary N) is 1. The Morgan fingerprint density at radius 2 is 1.88 bits per heavy atom. The highest BCUT2D eigenvalue weighted by molar-refractivity contribution is 5.68. The summed E-state index contributed by atoms with van der Waals surface area (Å²) < 4.78 is 13.8. The van der Waals surface area contributed by atoms with Crippen LogP contribution in [0.2, 0.25) is 0 Å². The number of fused-ring (bicyclic) bond motifs is 1. The molecule has 0 saturated carbocycles. The molecule has 0 fully saturated rings. The Kier molecular flexibility index (Phi) is 3.28. The average Bonchev–Trinajstić information content (AvgIpc) is 2.98. The van der Waals surface area contributed by atoms with Gasteiger partial charge in [0, 0.05) is 6.20 Å². The van der Waals surface area contributed by atoms with Gasteiger partial charge in [0.25, 0.3) is 0 Å². The summed E-state index contributed by atoms with van der Waals surface area (Å²) in [6.07, 6.45) is 1.68. The fourth-order valence-electron chi connectivity index (χ4n) is 3.44. The number of aromatic nitrogens is 1. The molecule has 0 aliphatic carbocycles. The summed E-state index contributed by atoms with van der Waals surface area (Å²) in [5.41, 5.74) is 2.03. The van der Waals surface area contributed by atoms with Crippen molar-refractivity contribution in [1.82, 2.24) is 4.98 Å². The van der Waals surface area contributed by atoms with Gasteiger partial charge < -0.3 is 5.32 Å². The maximum Gasteiger partial charge on any atom is 0.150 e. The molecule has 0 saturated heterocycles. The van der Waals surface area contributed by atoms with Crippen molar-refractivity contribution in [3.63, 3.8) is 0 Å². The lowest BCUT2D eigenvalue weighted by Gasteiger charge is -2.29. The third-order valence-corrected chi connectivity index (χ3v) is 4.50. The first-order valence-electron chi connectivity index (χ1n) is 7.70. The average molecular weight is 315 g/mol. The highest BCUT2D eigenvalue weighted by atomic mass is 19.1. The topological polar surface area (TPSA) is 48.7 Å². The smallest absolute Gasteiger partial charge is 0.150 e. The monoisotopic (exact) mass is 315 g/mol. The quantitative estimate of drug-likeness (QED) is 0.771. The summed E-state index contributed by atoms with van der Waals surface area (Å²) in [5.74, 6) is -0.321. The summed E-state index contributed by atoms with van der Waals surface area (Å²) in [7, 11) is 0. The van der Waals surface area contributed by atoms with E-state index in [2.05, 4.69) is 16.4 Å². The van der Waals surface area contributed by atoms with E-state index in [0.717, 1.165) is 16.8 Å². The SMILES string of the molecule is N#C[C@@]1(c2ccccc2)c2ncccc2N[C@H]1c1cccc(F)c1. The number of nitrogens with zero attached hydrogens (tertiary/aromatic N) is 2. The molecule has 2 aromatic carbocycles. The van der Waals surface area contributed by atoms with E-state index in [1.54, 1.807) is 12.3 Å². The van der Waals surface area contributed by atoms with Crippen LogP contribution in [0.25, 0.3) is 0 Å². The molecule has 0 amide bonds. The number of rotatable bonds is 2. The first-order chi connectivity index (χ1) is 11.8. The summed E-state index contributed by atoms with van der Waals surface area (Å²) in [6, 6.07) is 21.7. The molecule has 4 heteroatoms. The van der Waals surface area contributed by atoms with Crippen LogP contribution in [0.4, 0.5) is 10.1 Å². The molecule has 0 spiro atoms. The molecule has 1 N–H and O–H groups in total. The Hall–Kier alpha value is -3.19. The van der Waals surface area contributed by atoms with E-state index >= 15 is 0 Å². The van der Waals surface area contributed by atoms with Gasteiger partial charge in [-0.15, -0.1) is 0 Å². The fourth-order valence-corrected chi connectivity index (χ4v) is 3.44. The molecule has 2 heterocycles. The van der Waals surface area contributed by atoms with Crippen molar-refractivity contribution in [2.75, 3.05) is 5.32 Å². The maximum atomic E-state index is 13.8. The van der Waals surface area contributed by atoms with Gasteiger partial charge in [-0.05, 0) is 35.4 Å². The number of anilines is 1. The molecule has 1 aliphatic heterocycles. The third-order valence-electron chi connectivity index (χ3n) is 4.50.